The summed E-state index contributed by atoms with van der Waals surface area (Å²) < 4.78 is 4.53. The van der Waals surface area contributed by atoms with Crippen LogP contribution in [-0.2, 0) is 9.53 Å². The van der Waals surface area contributed by atoms with Crippen LogP contribution in [0.25, 0.3) is 0 Å². The Labute approximate surface area is 54.2 Å². The summed E-state index contributed by atoms with van der Waals surface area (Å²) in [5.74, 6) is -0.704. The molecule has 0 aromatic heterocycles. The highest BCUT2D eigenvalue weighted by Crippen LogP contribution is 1.92. The van der Waals surface area contributed by atoms with Crippen molar-refractivity contribution in [1.82, 2.24) is 0 Å². The van der Waals surface area contributed by atoms with E-state index in [1.165, 1.54) is 7.11 Å². The van der Waals surface area contributed by atoms with Crippen molar-refractivity contribution in [2.75, 3.05) is 13.7 Å². The smallest absolute Gasteiger partial charge is 0.175 e. The average Bonchev–Trinajstić information content (AvgIpc) is 1.87. The minimum atomic E-state index is -0.537. The second kappa shape index (κ2) is 4.04. The number of methoxy groups -OCH3 is 1. The molecule has 0 rings (SSSR count). The molecule has 0 saturated carbocycles. The molecular weight excluding hydrogens is 118 g/mol. The molecule has 0 radical (unpaired) electrons. The molecule has 0 unspecified atom stereocenters. The van der Waals surface area contributed by atoms with E-state index in [1.807, 2.05) is 6.07 Å². The number of carbonyl (C=O) groups excluding carboxylic acids is 1. The summed E-state index contributed by atoms with van der Waals surface area (Å²) in [7, 11) is 1.43. The van der Waals surface area contributed by atoms with Gasteiger partial charge in [-0.15, -0.1) is 0 Å². The van der Waals surface area contributed by atoms with Crippen molar-refractivity contribution < 1.29 is 9.53 Å². The Hall–Kier alpha value is -0.880. The molecule has 50 valence electrons. The third-order valence-electron chi connectivity index (χ3n) is 0.963. The first kappa shape index (κ1) is 8.12. The van der Waals surface area contributed by atoms with E-state index in [2.05, 4.69) is 4.74 Å². The predicted molar refractivity (Wildman–Crippen MR) is 31.7 cm³/mol. The van der Waals surface area contributed by atoms with Gasteiger partial charge in [-0.25, -0.2) is 0 Å². The number of nitriles is 1. The molecule has 0 spiro atoms. The summed E-state index contributed by atoms with van der Waals surface area (Å²) in [6, 6.07) is 1.82. The van der Waals surface area contributed by atoms with E-state index < -0.39 is 5.92 Å². The van der Waals surface area contributed by atoms with Crippen LogP contribution in [0.2, 0.25) is 0 Å². The molecule has 0 N–H and O–H groups in total. The van der Waals surface area contributed by atoms with Crippen LogP contribution in [0.1, 0.15) is 6.92 Å². The molecule has 0 aromatic carbocycles. The summed E-state index contributed by atoms with van der Waals surface area (Å²) in [6.45, 7) is 1.59. The zero-order chi connectivity index (χ0) is 7.28. The first-order valence-electron chi connectivity index (χ1n) is 2.63. The number of ketones is 1. The lowest BCUT2D eigenvalue weighted by Gasteiger charge is -1.97. The number of rotatable bonds is 3. The molecule has 3 heteroatoms. The third kappa shape index (κ3) is 2.83. The van der Waals surface area contributed by atoms with Gasteiger partial charge in [-0.3, -0.25) is 4.79 Å². The summed E-state index contributed by atoms with van der Waals surface area (Å²) in [4.78, 5) is 10.6. The largest absolute Gasteiger partial charge is 0.377 e. The standard InChI is InChI=1S/C6H9NO2/c1-5(3-7)6(8)4-9-2/h5H,4H2,1-2H3/t5-/m1/s1. The van der Waals surface area contributed by atoms with Crippen LogP contribution >= 0.6 is 0 Å². The Morgan fingerprint density at radius 3 is 2.78 bits per heavy atom. The third-order valence-corrected chi connectivity index (χ3v) is 0.963. The van der Waals surface area contributed by atoms with Crippen molar-refractivity contribution in [2.45, 2.75) is 6.92 Å². The highest BCUT2D eigenvalue weighted by atomic mass is 16.5. The van der Waals surface area contributed by atoms with Gasteiger partial charge in [0.1, 0.15) is 12.5 Å². The number of hydrogen-bond acceptors (Lipinski definition) is 3. The Balaban J connectivity index is 3.63. The summed E-state index contributed by atoms with van der Waals surface area (Å²) in [6.07, 6.45) is 0. The highest BCUT2D eigenvalue weighted by Gasteiger charge is 2.09. The molecule has 0 heterocycles. The summed E-state index contributed by atoms with van der Waals surface area (Å²) >= 11 is 0. The Bertz CT molecular complexity index is 136. The number of hydrogen-bond donors (Lipinski definition) is 0. The minimum absolute atomic E-state index is 0.0364. The van der Waals surface area contributed by atoms with Gasteiger partial charge < -0.3 is 4.74 Å². The van der Waals surface area contributed by atoms with Crippen LogP contribution in [0.3, 0.4) is 0 Å². The van der Waals surface area contributed by atoms with Crippen molar-refractivity contribution in [3.8, 4) is 6.07 Å². The number of ether oxygens (including phenoxy) is 1. The van der Waals surface area contributed by atoms with Crippen LogP contribution in [0.15, 0.2) is 0 Å². The van der Waals surface area contributed by atoms with Crippen LogP contribution in [0, 0.1) is 17.2 Å². The molecule has 9 heavy (non-hydrogen) atoms. The molecule has 3 nitrogen and oxygen atoms in total. The molecule has 0 aromatic rings. The van der Waals surface area contributed by atoms with Gasteiger partial charge in [0.15, 0.2) is 5.78 Å². The van der Waals surface area contributed by atoms with Gasteiger partial charge in [-0.1, -0.05) is 0 Å². The maximum atomic E-state index is 10.6. The summed E-state index contributed by atoms with van der Waals surface area (Å²) in [5.41, 5.74) is 0. The lowest BCUT2D eigenvalue weighted by atomic mass is 10.1. The average molecular weight is 127 g/mol. The van der Waals surface area contributed by atoms with Crippen molar-refractivity contribution in [1.29, 1.82) is 5.26 Å². The van der Waals surface area contributed by atoms with Crippen molar-refractivity contribution in [3.05, 3.63) is 0 Å². The normalized spacial score (nSPS) is 12.1. The van der Waals surface area contributed by atoms with E-state index in [-0.39, 0.29) is 12.4 Å². The van der Waals surface area contributed by atoms with Gasteiger partial charge in [-0.05, 0) is 6.92 Å². The van der Waals surface area contributed by atoms with Gasteiger partial charge in [0.2, 0.25) is 0 Å². The zero-order valence-corrected chi connectivity index (χ0v) is 5.55. The molecule has 0 saturated heterocycles. The molecule has 0 aliphatic rings. The Morgan fingerprint density at radius 1 is 1.89 bits per heavy atom. The van der Waals surface area contributed by atoms with E-state index in [0.717, 1.165) is 0 Å². The summed E-state index contributed by atoms with van der Waals surface area (Å²) in [5, 5.41) is 8.21. The molecule has 0 amide bonds. The lowest BCUT2D eigenvalue weighted by Crippen LogP contribution is -2.14. The second-order valence-electron chi connectivity index (χ2n) is 1.75. The number of carbonyl (C=O) groups is 1. The minimum Gasteiger partial charge on any atom is -0.377 e. The highest BCUT2D eigenvalue weighted by molar-refractivity contribution is 5.83. The van der Waals surface area contributed by atoms with Crippen molar-refractivity contribution >= 4 is 5.78 Å². The van der Waals surface area contributed by atoms with E-state index >= 15 is 0 Å². The maximum absolute atomic E-state index is 10.6. The number of nitrogens with zero attached hydrogens (tertiary/aromatic N) is 1. The number of Topliss-reactive ketones (excluding diaryl/α,β-unsaturated/α-hetero) is 1. The van der Waals surface area contributed by atoms with Crippen LogP contribution < -0.4 is 0 Å². The molecule has 1 atom stereocenters. The first-order valence-corrected chi connectivity index (χ1v) is 2.63. The quantitative estimate of drug-likeness (QED) is 0.550. The van der Waals surface area contributed by atoms with Crippen molar-refractivity contribution in [3.63, 3.8) is 0 Å². The maximum Gasteiger partial charge on any atom is 0.175 e. The Kier molecular flexibility index (Phi) is 3.65. The van der Waals surface area contributed by atoms with Crippen molar-refractivity contribution in [2.24, 2.45) is 5.92 Å². The molecular formula is C6H9NO2. The fourth-order valence-corrected chi connectivity index (χ4v) is 0.339. The van der Waals surface area contributed by atoms with E-state index in [1.54, 1.807) is 6.92 Å². The topological polar surface area (TPSA) is 50.1 Å². The van der Waals surface area contributed by atoms with Gasteiger partial charge in [0, 0.05) is 7.11 Å². The molecule has 0 aliphatic heterocycles. The fraction of sp³-hybridized carbons (Fsp3) is 0.667. The van der Waals surface area contributed by atoms with Gasteiger partial charge in [0.25, 0.3) is 0 Å². The lowest BCUT2D eigenvalue weighted by molar-refractivity contribution is -0.124. The van der Waals surface area contributed by atoms with E-state index in [9.17, 15) is 4.79 Å². The van der Waals surface area contributed by atoms with Crippen LogP contribution in [0.4, 0.5) is 0 Å². The monoisotopic (exact) mass is 127 g/mol. The van der Waals surface area contributed by atoms with E-state index in [4.69, 9.17) is 5.26 Å². The molecule has 0 fully saturated rings. The zero-order valence-electron chi connectivity index (χ0n) is 5.55. The second-order valence-corrected chi connectivity index (χ2v) is 1.75. The predicted octanol–water partition coefficient (Wildman–Crippen LogP) is 0.362. The SMILES string of the molecule is COCC(=O)[C@H](C)C#N. The van der Waals surface area contributed by atoms with Crippen LogP contribution in [-0.4, -0.2) is 19.5 Å². The van der Waals surface area contributed by atoms with E-state index in [0.29, 0.717) is 0 Å². The van der Waals surface area contributed by atoms with Gasteiger partial charge in [0.05, 0.1) is 6.07 Å². The first-order chi connectivity index (χ1) is 4.22. The molecule has 0 bridgehead atoms. The Morgan fingerprint density at radius 2 is 2.44 bits per heavy atom. The van der Waals surface area contributed by atoms with Gasteiger partial charge >= 0.3 is 0 Å². The molecule has 0 aliphatic carbocycles. The van der Waals surface area contributed by atoms with Gasteiger partial charge in [-0.2, -0.15) is 5.26 Å². The fourth-order valence-electron chi connectivity index (χ4n) is 0.339. The van der Waals surface area contributed by atoms with Crippen LogP contribution in [0.5, 0.6) is 0 Å².